The Labute approximate surface area is 126 Å². The van der Waals surface area contributed by atoms with Gasteiger partial charge < -0.3 is 10.0 Å². The second-order valence-electron chi connectivity index (χ2n) is 6.22. The molecule has 0 spiro atoms. The molecule has 1 aromatic rings. The summed E-state index contributed by atoms with van der Waals surface area (Å²) in [6.45, 7) is 3.95. The van der Waals surface area contributed by atoms with E-state index in [9.17, 15) is 9.90 Å². The lowest BCUT2D eigenvalue weighted by Crippen LogP contribution is -2.36. The van der Waals surface area contributed by atoms with Crippen LogP contribution in [-0.2, 0) is 11.3 Å². The van der Waals surface area contributed by atoms with Crippen LogP contribution in [-0.4, -0.2) is 46.5 Å². The van der Waals surface area contributed by atoms with E-state index in [1.54, 1.807) is 6.07 Å². The van der Waals surface area contributed by atoms with Crippen molar-refractivity contribution in [3.05, 3.63) is 29.8 Å². The van der Waals surface area contributed by atoms with Gasteiger partial charge in [-0.15, -0.1) is 0 Å². The molecule has 1 atom stereocenters. The molecule has 4 nitrogen and oxygen atoms in total. The summed E-state index contributed by atoms with van der Waals surface area (Å²) in [5.41, 5.74) is 1.16. The van der Waals surface area contributed by atoms with Gasteiger partial charge in [0.25, 0.3) is 0 Å². The molecular formula is C17H24N2O2. The number of hydrogen-bond acceptors (Lipinski definition) is 3. The Bertz CT molecular complexity index is 503. The predicted octanol–water partition coefficient (Wildman–Crippen LogP) is 2.37. The molecule has 4 heteroatoms. The van der Waals surface area contributed by atoms with Crippen molar-refractivity contribution in [1.82, 2.24) is 9.80 Å². The summed E-state index contributed by atoms with van der Waals surface area (Å²) in [5, 5.41) is 9.55. The minimum Gasteiger partial charge on any atom is -0.508 e. The Kier molecular flexibility index (Phi) is 4.44. The Morgan fingerprint density at radius 1 is 1.14 bits per heavy atom. The maximum atomic E-state index is 11.9. The van der Waals surface area contributed by atoms with Crippen LogP contribution in [0.4, 0.5) is 0 Å². The molecule has 2 heterocycles. The highest BCUT2D eigenvalue weighted by atomic mass is 16.3. The molecule has 0 aliphatic carbocycles. The molecule has 0 aromatic heterocycles. The van der Waals surface area contributed by atoms with Crippen LogP contribution < -0.4 is 0 Å². The zero-order valence-corrected chi connectivity index (χ0v) is 12.5. The highest BCUT2D eigenvalue weighted by Crippen LogP contribution is 2.23. The second-order valence-corrected chi connectivity index (χ2v) is 6.22. The average molecular weight is 288 g/mol. The summed E-state index contributed by atoms with van der Waals surface area (Å²) in [4.78, 5) is 16.4. The molecule has 21 heavy (non-hydrogen) atoms. The van der Waals surface area contributed by atoms with Crippen molar-refractivity contribution < 1.29 is 9.90 Å². The molecule has 0 saturated carbocycles. The lowest BCUT2D eigenvalue weighted by atomic mass is 10.1. The summed E-state index contributed by atoms with van der Waals surface area (Å²) >= 11 is 0. The number of aromatic hydroxyl groups is 1. The van der Waals surface area contributed by atoms with Crippen LogP contribution in [0.5, 0.6) is 5.75 Å². The molecule has 2 saturated heterocycles. The second kappa shape index (κ2) is 6.48. The van der Waals surface area contributed by atoms with E-state index < -0.39 is 0 Å². The number of carbonyl (C=O) groups excluding carboxylic acids is 1. The number of likely N-dealkylation sites (tertiary alicyclic amines) is 2. The first-order chi connectivity index (χ1) is 10.2. The van der Waals surface area contributed by atoms with Crippen molar-refractivity contribution in [2.75, 3.05) is 19.6 Å². The van der Waals surface area contributed by atoms with Crippen LogP contribution in [0.2, 0.25) is 0 Å². The quantitative estimate of drug-likeness (QED) is 0.928. The maximum Gasteiger partial charge on any atom is 0.222 e. The van der Waals surface area contributed by atoms with E-state index in [-0.39, 0.29) is 0 Å². The third-order valence-corrected chi connectivity index (χ3v) is 4.66. The topological polar surface area (TPSA) is 43.8 Å². The highest BCUT2D eigenvalue weighted by molar-refractivity contribution is 5.78. The number of amides is 1. The fraction of sp³-hybridized carbons (Fsp3) is 0.588. The molecule has 0 bridgehead atoms. The fourth-order valence-electron chi connectivity index (χ4n) is 3.58. The third-order valence-electron chi connectivity index (χ3n) is 4.66. The lowest BCUT2D eigenvalue weighted by molar-refractivity contribution is -0.129. The van der Waals surface area contributed by atoms with Crippen molar-refractivity contribution >= 4 is 5.91 Å². The smallest absolute Gasteiger partial charge is 0.222 e. The highest BCUT2D eigenvalue weighted by Gasteiger charge is 2.29. The molecular weight excluding hydrogens is 264 g/mol. The normalized spacial score (nSPS) is 24.3. The standard InChI is InChI=1S/C17H24N2O2/c20-16-6-1-4-14(12-16)13-18-9-2-5-15(8-11-18)19-10-3-7-17(19)21/h1,4,6,12,15,20H,2-3,5,7-11,13H2. The Hall–Kier alpha value is -1.55. The lowest BCUT2D eigenvalue weighted by Gasteiger charge is -2.27. The van der Waals surface area contributed by atoms with Crippen molar-refractivity contribution in [2.45, 2.75) is 44.7 Å². The molecule has 2 fully saturated rings. The van der Waals surface area contributed by atoms with Gasteiger partial charge >= 0.3 is 0 Å². The molecule has 3 rings (SSSR count). The van der Waals surface area contributed by atoms with Gasteiger partial charge in [-0.3, -0.25) is 9.69 Å². The summed E-state index contributed by atoms with van der Waals surface area (Å²) < 4.78 is 0. The summed E-state index contributed by atoms with van der Waals surface area (Å²) in [6.07, 6.45) is 5.12. The first-order valence-corrected chi connectivity index (χ1v) is 8.02. The van der Waals surface area contributed by atoms with Gasteiger partial charge in [0.1, 0.15) is 5.75 Å². The Balaban J connectivity index is 1.57. The molecule has 1 N–H and O–H groups in total. The third kappa shape index (κ3) is 3.56. The minimum absolute atomic E-state index is 0.336. The van der Waals surface area contributed by atoms with E-state index in [2.05, 4.69) is 15.9 Å². The van der Waals surface area contributed by atoms with Crippen molar-refractivity contribution in [3.8, 4) is 5.75 Å². The fourth-order valence-corrected chi connectivity index (χ4v) is 3.58. The molecule has 1 amide bonds. The number of nitrogens with zero attached hydrogens (tertiary/aromatic N) is 2. The predicted molar refractivity (Wildman–Crippen MR) is 82.0 cm³/mol. The van der Waals surface area contributed by atoms with E-state index in [0.29, 0.717) is 17.7 Å². The Morgan fingerprint density at radius 2 is 2.05 bits per heavy atom. The molecule has 1 unspecified atom stereocenters. The molecule has 2 aliphatic rings. The summed E-state index contributed by atoms with van der Waals surface area (Å²) in [5.74, 6) is 0.685. The number of benzene rings is 1. The van der Waals surface area contributed by atoms with Gasteiger partial charge in [-0.25, -0.2) is 0 Å². The van der Waals surface area contributed by atoms with Gasteiger partial charge in [0.15, 0.2) is 0 Å². The van der Waals surface area contributed by atoms with E-state index in [1.165, 1.54) is 0 Å². The number of phenolic OH excluding ortho intramolecular Hbond substituents is 1. The first kappa shape index (κ1) is 14.4. The minimum atomic E-state index is 0.336. The van der Waals surface area contributed by atoms with Gasteiger partial charge in [0, 0.05) is 32.1 Å². The van der Waals surface area contributed by atoms with Crippen LogP contribution >= 0.6 is 0 Å². The van der Waals surface area contributed by atoms with E-state index in [0.717, 1.165) is 63.8 Å². The number of rotatable bonds is 3. The largest absolute Gasteiger partial charge is 0.508 e. The molecule has 0 radical (unpaired) electrons. The summed E-state index contributed by atoms with van der Waals surface area (Å²) in [6, 6.07) is 7.95. The van der Waals surface area contributed by atoms with Crippen molar-refractivity contribution in [3.63, 3.8) is 0 Å². The average Bonchev–Trinajstić information content (AvgIpc) is 2.75. The van der Waals surface area contributed by atoms with Gasteiger partial charge in [-0.2, -0.15) is 0 Å². The number of hydrogen-bond donors (Lipinski definition) is 1. The van der Waals surface area contributed by atoms with Crippen LogP contribution in [0, 0.1) is 0 Å². The maximum absolute atomic E-state index is 11.9. The van der Waals surface area contributed by atoms with Crippen LogP contribution in [0.25, 0.3) is 0 Å². The van der Waals surface area contributed by atoms with Gasteiger partial charge in [0.05, 0.1) is 0 Å². The number of carbonyl (C=O) groups is 1. The van der Waals surface area contributed by atoms with Crippen LogP contribution in [0.1, 0.15) is 37.7 Å². The van der Waals surface area contributed by atoms with Crippen LogP contribution in [0.15, 0.2) is 24.3 Å². The van der Waals surface area contributed by atoms with E-state index in [4.69, 9.17) is 0 Å². The van der Waals surface area contributed by atoms with Crippen molar-refractivity contribution in [2.24, 2.45) is 0 Å². The SMILES string of the molecule is O=C1CCCN1C1CCCN(Cc2cccc(O)c2)CC1. The van der Waals surface area contributed by atoms with Gasteiger partial charge in [-0.1, -0.05) is 12.1 Å². The molecule has 1 aromatic carbocycles. The van der Waals surface area contributed by atoms with Gasteiger partial charge in [0.2, 0.25) is 5.91 Å². The zero-order chi connectivity index (χ0) is 14.7. The van der Waals surface area contributed by atoms with E-state index in [1.807, 2.05) is 12.1 Å². The Morgan fingerprint density at radius 3 is 2.81 bits per heavy atom. The first-order valence-electron chi connectivity index (χ1n) is 8.02. The zero-order valence-electron chi connectivity index (χ0n) is 12.5. The molecule has 114 valence electrons. The van der Waals surface area contributed by atoms with Crippen molar-refractivity contribution in [1.29, 1.82) is 0 Å². The van der Waals surface area contributed by atoms with Gasteiger partial charge in [-0.05, 0) is 49.9 Å². The summed E-state index contributed by atoms with van der Waals surface area (Å²) in [7, 11) is 0. The van der Waals surface area contributed by atoms with E-state index >= 15 is 0 Å². The molecule has 2 aliphatic heterocycles. The number of phenols is 1. The monoisotopic (exact) mass is 288 g/mol. The van der Waals surface area contributed by atoms with Crippen LogP contribution in [0.3, 0.4) is 0 Å².